The number of pyridine rings is 1. The van der Waals surface area contributed by atoms with Crippen LogP contribution in [0, 0.1) is 12.8 Å². The first kappa shape index (κ1) is 18.1. The van der Waals surface area contributed by atoms with E-state index in [0.29, 0.717) is 6.54 Å². The molecule has 1 unspecified atom stereocenters. The van der Waals surface area contributed by atoms with Gasteiger partial charge in [-0.2, -0.15) is 0 Å². The Morgan fingerprint density at radius 2 is 1.96 bits per heavy atom. The minimum Gasteiger partial charge on any atom is -0.354 e. The first-order chi connectivity index (χ1) is 13.7. The first-order valence-electron chi connectivity index (χ1n) is 9.56. The number of hydrogen-bond acceptors (Lipinski definition) is 5. The lowest BCUT2D eigenvalue weighted by molar-refractivity contribution is -0.120. The zero-order valence-corrected chi connectivity index (χ0v) is 15.9. The molecule has 0 saturated carbocycles. The van der Waals surface area contributed by atoms with Gasteiger partial charge in [0.1, 0.15) is 0 Å². The maximum absolute atomic E-state index is 12.7. The molecule has 1 aliphatic heterocycles. The second-order valence-electron chi connectivity index (χ2n) is 7.16. The Hall–Kier alpha value is -3.28. The van der Waals surface area contributed by atoms with Gasteiger partial charge < -0.3 is 10.2 Å². The number of carbonyl (C=O) groups excluding carboxylic acids is 1. The number of benzene rings is 1. The van der Waals surface area contributed by atoms with Crippen molar-refractivity contribution in [3.05, 3.63) is 66.5 Å². The Balaban J connectivity index is 1.42. The third-order valence-electron chi connectivity index (χ3n) is 5.03. The van der Waals surface area contributed by atoms with Crippen LogP contribution in [0.2, 0.25) is 0 Å². The summed E-state index contributed by atoms with van der Waals surface area (Å²) in [5.41, 5.74) is 3.79. The van der Waals surface area contributed by atoms with Crippen LogP contribution in [-0.4, -0.2) is 34.2 Å². The summed E-state index contributed by atoms with van der Waals surface area (Å²) in [5, 5.41) is 11.8. The minimum absolute atomic E-state index is 0.0593. The number of nitrogens with zero attached hydrogens (tertiary/aromatic N) is 4. The summed E-state index contributed by atoms with van der Waals surface area (Å²) in [6.45, 7) is 3.56. The average Bonchev–Trinajstić information content (AvgIpc) is 2.75. The zero-order valence-electron chi connectivity index (χ0n) is 15.9. The molecular weight excluding hydrogens is 350 g/mol. The van der Waals surface area contributed by atoms with Crippen LogP contribution in [0.3, 0.4) is 0 Å². The molecule has 142 valence electrons. The molecule has 1 fully saturated rings. The SMILES string of the molecule is Cc1cccc(NC(=O)C2CCCN(c3ccc(-c4ccncc4)nn3)C2)c1. The van der Waals surface area contributed by atoms with Gasteiger partial charge in [0, 0.05) is 36.7 Å². The zero-order chi connectivity index (χ0) is 19.3. The molecule has 1 aromatic carbocycles. The number of hydrogen-bond donors (Lipinski definition) is 1. The van der Waals surface area contributed by atoms with Crippen molar-refractivity contribution in [1.29, 1.82) is 0 Å². The highest BCUT2D eigenvalue weighted by molar-refractivity contribution is 5.93. The highest BCUT2D eigenvalue weighted by Crippen LogP contribution is 2.24. The molecule has 0 aliphatic carbocycles. The van der Waals surface area contributed by atoms with Crippen molar-refractivity contribution in [3.63, 3.8) is 0 Å². The Morgan fingerprint density at radius 3 is 2.71 bits per heavy atom. The quantitative estimate of drug-likeness (QED) is 0.755. The summed E-state index contributed by atoms with van der Waals surface area (Å²) in [4.78, 5) is 18.9. The van der Waals surface area contributed by atoms with Gasteiger partial charge in [-0.15, -0.1) is 10.2 Å². The van der Waals surface area contributed by atoms with Crippen molar-refractivity contribution in [1.82, 2.24) is 15.2 Å². The van der Waals surface area contributed by atoms with Crippen LogP contribution in [0.15, 0.2) is 60.9 Å². The van der Waals surface area contributed by atoms with E-state index in [1.165, 1.54) is 0 Å². The van der Waals surface area contributed by atoms with Gasteiger partial charge in [0.2, 0.25) is 5.91 Å². The smallest absolute Gasteiger partial charge is 0.229 e. The van der Waals surface area contributed by atoms with E-state index < -0.39 is 0 Å². The van der Waals surface area contributed by atoms with Gasteiger partial charge in [-0.25, -0.2) is 0 Å². The van der Waals surface area contributed by atoms with Crippen molar-refractivity contribution < 1.29 is 4.79 Å². The molecule has 0 spiro atoms. The van der Waals surface area contributed by atoms with Crippen molar-refractivity contribution >= 4 is 17.4 Å². The van der Waals surface area contributed by atoms with Crippen LogP contribution in [-0.2, 0) is 4.79 Å². The van der Waals surface area contributed by atoms with Gasteiger partial charge >= 0.3 is 0 Å². The molecule has 2 aromatic heterocycles. The van der Waals surface area contributed by atoms with E-state index in [9.17, 15) is 4.79 Å². The summed E-state index contributed by atoms with van der Waals surface area (Å²) in [7, 11) is 0. The highest BCUT2D eigenvalue weighted by Gasteiger charge is 2.26. The van der Waals surface area contributed by atoms with Crippen LogP contribution in [0.5, 0.6) is 0 Å². The highest BCUT2D eigenvalue weighted by atomic mass is 16.1. The molecule has 0 bridgehead atoms. The molecule has 0 radical (unpaired) electrons. The molecule has 1 aliphatic rings. The van der Waals surface area contributed by atoms with Crippen molar-refractivity contribution in [2.75, 3.05) is 23.3 Å². The summed E-state index contributed by atoms with van der Waals surface area (Å²) in [6, 6.07) is 15.7. The largest absolute Gasteiger partial charge is 0.354 e. The van der Waals surface area contributed by atoms with E-state index in [1.807, 2.05) is 55.5 Å². The lowest BCUT2D eigenvalue weighted by Crippen LogP contribution is -2.41. The van der Waals surface area contributed by atoms with E-state index in [1.54, 1.807) is 12.4 Å². The van der Waals surface area contributed by atoms with Crippen LogP contribution >= 0.6 is 0 Å². The first-order valence-corrected chi connectivity index (χ1v) is 9.56. The molecule has 3 aromatic rings. The van der Waals surface area contributed by atoms with Gasteiger partial charge in [0.05, 0.1) is 11.6 Å². The Morgan fingerprint density at radius 1 is 1.11 bits per heavy atom. The second-order valence-corrected chi connectivity index (χ2v) is 7.16. The predicted octanol–water partition coefficient (Wildman–Crippen LogP) is 3.70. The molecular formula is C22H23N5O. The average molecular weight is 373 g/mol. The van der Waals surface area contributed by atoms with Gasteiger partial charge in [-0.1, -0.05) is 12.1 Å². The lowest BCUT2D eigenvalue weighted by Gasteiger charge is -2.32. The van der Waals surface area contributed by atoms with E-state index in [0.717, 1.165) is 47.7 Å². The molecule has 28 heavy (non-hydrogen) atoms. The maximum atomic E-state index is 12.7. The number of amides is 1. The molecule has 3 heterocycles. The van der Waals surface area contributed by atoms with Crippen LogP contribution < -0.4 is 10.2 Å². The lowest BCUT2D eigenvalue weighted by atomic mass is 9.97. The molecule has 6 nitrogen and oxygen atoms in total. The summed E-state index contributed by atoms with van der Waals surface area (Å²) >= 11 is 0. The third kappa shape index (κ3) is 4.17. The standard InChI is InChI=1S/C22H23N5O/c1-16-4-2-6-19(14-16)24-22(28)18-5-3-13-27(15-18)21-8-7-20(25-26-21)17-9-11-23-12-10-17/h2,4,6-12,14,18H,3,5,13,15H2,1H3,(H,24,28). The number of nitrogens with one attached hydrogen (secondary N) is 1. The monoisotopic (exact) mass is 373 g/mol. The molecule has 1 atom stereocenters. The van der Waals surface area contributed by atoms with Gasteiger partial charge in [0.15, 0.2) is 5.82 Å². The number of anilines is 2. The van der Waals surface area contributed by atoms with Gasteiger partial charge in [-0.05, 0) is 61.7 Å². The van der Waals surface area contributed by atoms with E-state index in [-0.39, 0.29) is 11.8 Å². The van der Waals surface area contributed by atoms with Gasteiger partial charge in [-0.3, -0.25) is 9.78 Å². The number of aromatic nitrogens is 3. The summed E-state index contributed by atoms with van der Waals surface area (Å²) < 4.78 is 0. The van der Waals surface area contributed by atoms with Crippen molar-refractivity contribution in [2.45, 2.75) is 19.8 Å². The van der Waals surface area contributed by atoms with E-state index in [4.69, 9.17) is 0 Å². The molecule has 1 saturated heterocycles. The second kappa shape index (κ2) is 8.17. The van der Waals surface area contributed by atoms with Crippen LogP contribution in [0.1, 0.15) is 18.4 Å². The fourth-order valence-corrected chi connectivity index (χ4v) is 3.54. The van der Waals surface area contributed by atoms with Crippen LogP contribution in [0.4, 0.5) is 11.5 Å². The Kier molecular flexibility index (Phi) is 5.28. The number of aryl methyl sites for hydroxylation is 1. The number of piperidine rings is 1. The molecule has 1 N–H and O–H groups in total. The van der Waals surface area contributed by atoms with E-state index in [2.05, 4.69) is 25.4 Å². The molecule has 1 amide bonds. The topological polar surface area (TPSA) is 71.0 Å². The normalized spacial score (nSPS) is 16.6. The van der Waals surface area contributed by atoms with Crippen molar-refractivity contribution in [2.24, 2.45) is 5.92 Å². The Labute approximate surface area is 164 Å². The minimum atomic E-state index is -0.0593. The van der Waals surface area contributed by atoms with Crippen molar-refractivity contribution in [3.8, 4) is 11.3 Å². The number of rotatable bonds is 4. The maximum Gasteiger partial charge on any atom is 0.229 e. The summed E-state index contributed by atoms with van der Waals surface area (Å²) in [6.07, 6.45) is 5.33. The summed E-state index contributed by atoms with van der Waals surface area (Å²) in [5.74, 6) is 0.818. The molecule has 4 rings (SSSR count). The Bertz CT molecular complexity index is 943. The molecule has 6 heteroatoms. The fourth-order valence-electron chi connectivity index (χ4n) is 3.54. The number of carbonyl (C=O) groups is 1. The van der Waals surface area contributed by atoms with Crippen LogP contribution in [0.25, 0.3) is 11.3 Å². The third-order valence-corrected chi connectivity index (χ3v) is 5.03. The predicted molar refractivity (Wildman–Crippen MR) is 110 cm³/mol. The van der Waals surface area contributed by atoms with E-state index >= 15 is 0 Å². The van der Waals surface area contributed by atoms with Gasteiger partial charge in [0.25, 0.3) is 0 Å². The fraction of sp³-hybridized carbons (Fsp3) is 0.273.